The Bertz CT molecular complexity index is 867. The SMILES string of the molecule is O=C([O-])C=CC(=O)Nc1ccccc1SC[C@@H](O)Cn1ccc(C(F)(F)F)n1. The summed E-state index contributed by atoms with van der Waals surface area (Å²) in [6.07, 6.45) is -3.01. The molecule has 1 atom stereocenters. The van der Waals surface area contributed by atoms with E-state index in [1.54, 1.807) is 24.3 Å². The van der Waals surface area contributed by atoms with Gasteiger partial charge in [-0.3, -0.25) is 9.48 Å². The summed E-state index contributed by atoms with van der Waals surface area (Å²) >= 11 is 1.17. The summed E-state index contributed by atoms with van der Waals surface area (Å²) in [5, 5.41) is 26.3. The molecule has 1 amide bonds. The number of para-hydroxylation sites is 1. The fourth-order valence-electron chi connectivity index (χ4n) is 2.08. The van der Waals surface area contributed by atoms with Gasteiger partial charge in [-0.1, -0.05) is 12.1 Å². The van der Waals surface area contributed by atoms with Crippen LogP contribution in [0.1, 0.15) is 5.69 Å². The van der Waals surface area contributed by atoms with Crippen LogP contribution in [0.15, 0.2) is 53.6 Å². The highest BCUT2D eigenvalue weighted by molar-refractivity contribution is 7.99. The molecular weight excluding hydrogens is 399 g/mol. The summed E-state index contributed by atoms with van der Waals surface area (Å²) in [5.74, 6) is -2.05. The molecule has 2 N–H and O–H groups in total. The van der Waals surface area contributed by atoms with Gasteiger partial charge in [0.25, 0.3) is 0 Å². The number of hydrogen-bond donors (Lipinski definition) is 2. The second-order valence-electron chi connectivity index (χ2n) is 5.52. The van der Waals surface area contributed by atoms with Crippen molar-refractivity contribution >= 4 is 29.3 Å². The van der Waals surface area contributed by atoms with E-state index >= 15 is 0 Å². The Labute approximate surface area is 161 Å². The number of carboxylic acid groups (broad SMARTS) is 1. The number of thioether (sulfide) groups is 1. The molecule has 0 unspecified atom stereocenters. The Morgan fingerprint density at radius 2 is 2.00 bits per heavy atom. The van der Waals surface area contributed by atoms with Gasteiger partial charge in [0.05, 0.1) is 24.3 Å². The quantitative estimate of drug-likeness (QED) is 0.498. The van der Waals surface area contributed by atoms with Crippen LogP contribution in [0.25, 0.3) is 0 Å². The molecule has 11 heteroatoms. The van der Waals surface area contributed by atoms with E-state index in [1.165, 1.54) is 11.8 Å². The zero-order valence-corrected chi connectivity index (χ0v) is 15.0. The number of carboxylic acids is 1. The number of anilines is 1. The van der Waals surface area contributed by atoms with Gasteiger partial charge in [0.1, 0.15) is 0 Å². The monoisotopic (exact) mass is 414 g/mol. The van der Waals surface area contributed by atoms with Crippen molar-refractivity contribution in [2.75, 3.05) is 11.1 Å². The number of carbonyl (C=O) groups is 2. The van der Waals surface area contributed by atoms with Crippen LogP contribution in [-0.2, 0) is 22.3 Å². The molecule has 7 nitrogen and oxygen atoms in total. The van der Waals surface area contributed by atoms with E-state index in [0.29, 0.717) is 16.7 Å². The number of rotatable bonds is 8. The molecule has 2 aromatic rings. The Kier molecular flexibility index (Phi) is 7.24. The number of halogens is 3. The Morgan fingerprint density at radius 3 is 2.64 bits per heavy atom. The van der Waals surface area contributed by atoms with Crippen molar-refractivity contribution in [1.82, 2.24) is 9.78 Å². The number of carbonyl (C=O) groups excluding carboxylic acids is 2. The summed E-state index contributed by atoms with van der Waals surface area (Å²) in [6, 6.07) is 7.43. The molecule has 0 radical (unpaired) electrons. The van der Waals surface area contributed by atoms with Crippen LogP contribution in [-0.4, -0.2) is 38.6 Å². The maximum absolute atomic E-state index is 12.5. The topological polar surface area (TPSA) is 107 Å². The van der Waals surface area contributed by atoms with E-state index in [-0.39, 0.29) is 12.3 Å². The minimum atomic E-state index is -4.55. The standard InChI is InChI=1S/C17H16F3N3O4S/c18-17(19,20)14-7-8-23(22-14)9-11(24)10-28-13-4-2-1-3-12(13)21-15(25)5-6-16(26)27/h1-8,11,24H,9-10H2,(H,21,25)(H,26,27)/p-1/t11-/m0/s1. The normalized spacial score (nSPS) is 12.9. The van der Waals surface area contributed by atoms with Gasteiger partial charge in [-0.25, -0.2) is 0 Å². The number of aliphatic carboxylic acids is 1. The molecule has 1 heterocycles. The van der Waals surface area contributed by atoms with E-state index < -0.39 is 29.9 Å². The van der Waals surface area contributed by atoms with Crippen LogP contribution < -0.4 is 10.4 Å². The molecule has 0 bridgehead atoms. The molecule has 0 saturated carbocycles. The lowest BCUT2D eigenvalue weighted by Crippen LogP contribution is -2.20. The van der Waals surface area contributed by atoms with E-state index in [9.17, 15) is 33.0 Å². The van der Waals surface area contributed by atoms with E-state index in [1.807, 2.05) is 0 Å². The maximum atomic E-state index is 12.5. The number of aromatic nitrogens is 2. The number of benzene rings is 1. The molecule has 1 aromatic carbocycles. The summed E-state index contributed by atoms with van der Waals surface area (Å²) in [6.45, 7) is -0.133. The van der Waals surface area contributed by atoms with Gasteiger partial charge >= 0.3 is 6.18 Å². The number of aliphatic hydroxyl groups is 1. The lowest BCUT2D eigenvalue weighted by atomic mass is 10.3. The van der Waals surface area contributed by atoms with Crippen LogP contribution in [0, 0.1) is 0 Å². The van der Waals surface area contributed by atoms with Crippen molar-refractivity contribution < 1.29 is 33.0 Å². The van der Waals surface area contributed by atoms with Gasteiger partial charge in [0.2, 0.25) is 5.91 Å². The maximum Gasteiger partial charge on any atom is 0.435 e. The molecular formula is C17H15F3N3O4S-. The van der Waals surface area contributed by atoms with Crippen LogP contribution >= 0.6 is 11.8 Å². The summed E-state index contributed by atoms with van der Waals surface area (Å²) in [5.41, 5.74) is -0.642. The number of aliphatic hydroxyl groups excluding tert-OH is 1. The molecule has 0 saturated heterocycles. The number of alkyl halides is 3. The number of nitrogens with zero attached hydrogens (tertiary/aromatic N) is 2. The van der Waals surface area contributed by atoms with Crippen molar-refractivity contribution in [2.45, 2.75) is 23.7 Å². The molecule has 0 spiro atoms. The van der Waals surface area contributed by atoms with Crippen molar-refractivity contribution in [3.8, 4) is 0 Å². The number of hydrogen-bond acceptors (Lipinski definition) is 6. The van der Waals surface area contributed by atoms with Crippen molar-refractivity contribution in [3.63, 3.8) is 0 Å². The van der Waals surface area contributed by atoms with Gasteiger partial charge in [-0.05, 0) is 24.3 Å². The van der Waals surface area contributed by atoms with Crippen LogP contribution in [0.3, 0.4) is 0 Å². The van der Waals surface area contributed by atoms with E-state index in [4.69, 9.17) is 0 Å². The first-order valence-electron chi connectivity index (χ1n) is 7.85. The molecule has 1 aromatic heterocycles. The number of amides is 1. The van der Waals surface area contributed by atoms with Crippen molar-refractivity contribution in [1.29, 1.82) is 0 Å². The Hall–Kier alpha value is -2.79. The van der Waals surface area contributed by atoms with Crippen LogP contribution in [0.4, 0.5) is 18.9 Å². The second kappa shape index (κ2) is 9.42. The van der Waals surface area contributed by atoms with Crippen LogP contribution in [0.2, 0.25) is 0 Å². The Balaban J connectivity index is 1.94. The highest BCUT2D eigenvalue weighted by Crippen LogP contribution is 2.29. The lowest BCUT2D eigenvalue weighted by molar-refractivity contribution is -0.297. The molecule has 0 fully saturated rings. The average Bonchev–Trinajstić information content (AvgIpc) is 3.08. The zero-order chi connectivity index (χ0) is 20.7. The van der Waals surface area contributed by atoms with Gasteiger partial charge < -0.3 is 20.3 Å². The average molecular weight is 414 g/mol. The molecule has 150 valence electrons. The summed E-state index contributed by atoms with van der Waals surface area (Å²) in [4.78, 5) is 22.6. The second-order valence-corrected chi connectivity index (χ2v) is 6.59. The first-order chi connectivity index (χ1) is 13.1. The third-order valence-electron chi connectivity index (χ3n) is 3.28. The summed E-state index contributed by atoms with van der Waals surface area (Å²) in [7, 11) is 0. The first-order valence-corrected chi connectivity index (χ1v) is 8.84. The third-order valence-corrected chi connectivity index (χ3v) is 4.49. The fourth-order valence-corrected chi connectivity index (χ4v) is 3.01. The van der Waals surface area contributed by atoms with E-state index in [0.717, 1.165) is 23.0 Å². The van der Waals surface area contributed by atoms with E-state index in [2.05, 4.69) is 10.4 Å². The van der Waals surface area contributed by atoms with Crippen molar-refractivity contribution in [2.24, 2.45) is 0 Å². The summed E-state index contributed by atoms with van der Waals surface area (Å²) < 4.78 is 38.6. The van der Waals surface area contributed by atoms with Gasteiger partial charge in [0, 0.05) is 22.9 Å². The molecule has 28 heavy (non-hydrogen) atoms. The molecule has 2 rings (SSSR count). The zero-order valence-electron chi connectivity index (χ0n) is 14.2. The third kappa shape index (κ3) is 6.74. The number of nitrogens with one attached hydrogen (secondary N) is 1. The molecule has 0 aliphatic carbocycles. The largest absolute Gasteiger partial charge is 0.545 e. The van der Waals surface area contributed by atoms with Gasteiger partial charge in [-0.2, -0.15) is 18.3 Å². The molecule has 0 aliphatic rings. The van der Waals surface area contributed by atoms with Crippen molar-refractivity contribution in [3.05, 3.63) is 54.4 Å². The minimum Gasteiger partial charge on any atom is -0.545 e. The first kappa shape index (κ1) is 21.5. The van der Waals surface area contributed by atoms with Gasteiger partial charge in [0.15, 0.2) is 5.69 Å². The highest BCUT2D eigenvalue weighted by Gasteiger charge is 2.33. The Morgan fingerprint density at radius 1 is 1.29 bits per heavy atom. The highest BCUT2D eigenvalue weighted by atomic mass is 32.2. The predicted molar refractivity (Wildman–Crippen MR) is 93.2 cm³/mol. The predicted octanol–water partition coefficient (Wildman–Crippen LogP) is 1.30. The van der Waals surface area contributed by atoms with Crippen LogP contribution in [0.5, 0.6) is 0 Å². The fraction of sp³-hybridized carbons (Fsp3) is 0.235. The smallest absolute Gasteiger partial charge is 0.435 e. The lowest BCUT2D eigenvalue weighted by Gasteiger charge is -2.13. The molecule has 0 aliphatic heterocycles. The van der Waals surface area contributed by atoms with Gasteiger partial charge in [-0.15, -0.1) is 11.8 Å². The minimum absolute atomic E-state index is 0.128.